The molecular formula is C19H21ClN2O. The molecule has 2 aromatic rings. The van der Waals surface area contributed by atoms with Crippen molar-refractivity contribution in [3.05, 3.63) is 64.7 Å². The smallest absolute Gasteiger partial charge is 0.159 e. The molecule has 1 fully saturated rings. The van der Waals surface area contributed by atoms with Crippen molar-refractivity contribution in [1.29, 1.82) is 0 Å². The number of piperazine rings is 1. The molecule has 120 valence electrons. The van der Waals surface area contributed by atoms with Gasteiger partial charge in [-0.25, -0.2) is 0 Å². The number of rotatable bonds is 4. The van der Waals surface area contributed by atoms with Crippen molar-refractivity contribution in [1.82, 2.24) is 4.90 Å². The van der Waals surface area contributed by atoms with Crippen molar-refractivity contribution in [3.63, 3.8) is 0 Å². The molecule has 2 aromatic carbocycles. The predicted molar refractivity (Wildman–Crippen MR) is 95.4 cm³/mol. The Balaban J connectivity index is 1.64. The lowest BCUT2D eigenvalue weighted by Gasteiger charge is -2.36. The second-order valence-electron chi connectivity index (χ2n) is 6.00. The van der Waals surface area contributed by atoms with Gasteiger partial charge in [0.25, 0.3) is 0 Å². The first-order chi connectivity index (χ1) is 11.1. The fourth-order valence-electron chi connectivity index (χ4n) is 2.97. The van der Waals surface area contributed by atoms with Gasteiger partial charge in [0, 0.05) is 49.0 Å². The van der Waals surface area contributed by atoms with E-state index in [4.69, 9.17) is 11.6 Å². The van der Waals surface area contributed by atoms with Crippen LogP contribution >= 0.6 is 11.6 Å². The number of halogens is 1. The Kier molecular flexibility index (Phi) is 4.99. The van der Waals surface area contributed by atoms with Crippen LogP contribution in [0, 0.1) is 0 Å². The number of nitrogens with zero attached hydrogens (tertiary/aromatic N) is 2. The van der Waals surface area contributed by atoms with Gasteiger partial charge >= 0.3 is 0 Å². The minimum Gasteiger partial charge on any atom is -0.369 e. The van der Waals surface area contributed by atoms with Gasteiger partial charge in [-0.05, 0) is 30.7 Å². The maximum absolute atomic E-state index is 11.6. The first kappa shape index (κ1) is 16.0. The molecule has 0 bridgehead atoms. The number of Topliss-reactive ketones (excluding diaryl/α,β-unsaturated/α-hetero) is 1. The van der Waals surface area contributed by atoms with Gasteiger partial charge in [-0.2, -0.15) is 0 Å². The van der Waals surface area contributed by atoms with Gasteiger partial charge in [-0.15, -0.1) is 0 Å². The fraction of sp³-hybridized carbons (Fsp3) is 0.316. The summed E-state index contributed by atoms with van der Waals surface area (Å²) in [6.07, 6.45) is 0. The molecule has 23 heavy (non-hydrogen) atoms. The lowest BCUT2D eigenvalue weighted by molar-refractivity contribution is 0.101. The van der Waals surface area contributed by atoms with Crippen molar-refractivity contribution in [2.24, 2.45) is 0 Å². The topological polar surface area (TPSA) is 23.6 Å². The van der Waals surface area contributed by atoms with Crippen LogP contribution in [-0.2, 0) is 6.54 Å². The van der Waals surface area contributed by atoms with Gasteiger partial charge in [0.15, 0.2) is 5.78 Å². The van der Waals surface area contributed by atoms with E-state index < -0.39 is 0 Å². The van der Waals surface area contributed by atoms with E-state index in [0.717, 1.165) is 38.4 Å². The monoisotopic (exact) mass is 328 g/mol. The van der Waals surface area contributed by atoms with Crippen LogP contribution in [0.5, 0.6) is 0 Å². The van der Waals surface area contributed by atoms with E-state index in [2.05, 4.69) is 34.1 Å². The number of carbonyl (C=O) groups is 1. The summed E-state index contributed by atoms with van der Waals surface area (Å²) in [6.45, 7) is 6.48. The van der Waals surface area contributed by atoms with Crippen LogP contribution in [0.1, 0.15) is 22.8 Å². The molecule has 0 spiro atoms. The van der Waals surface area contributed by atoms with E-state index in [9.17, 15) is 4.79 Å². The lowest BCUT2D eigenvalue weighted by atomic mass is 10.1. The Labute approximate surface area is 142 Å². The third-order valence-corrected chi connectivity index (χ3v) is 4.49. The molecule has 1 aliphatic heterocycles. The molecule has 0 aliphatic carbocycles. The summed E-state index contributed by atoms with van der Waals surface area (Å²) in [4.78, 5) is 16.4. The lowest BCUT2D eigenvalue weighted by Crippen LogP contribution is -2.46. The molecule has 0 radical (unpaired) electrons. The molecule has 3 nitrogen and oxygen atoms in total. The minimum absolute atomic E-state index is 0.0523. The standard InChI is InChI=1S/C19H21ClN2O/c1-15(23)17-11-18(20)13-19(12-17)22-9-7-21(8-10-22)14-16-5-3-2-4-6-16/h2-6,11-13H,7-10,14H2,1H3. The molecule has 0 amide bonds. The zero-order valence-corrected chi connectivity index (χ0v) is 14.1. The number of carbonyl (C=O) groups excluding carboxylic acids is 1. The van der Waals surface area contributed by atoms with Crippen molar-refractivity contribution in [3.8, 4) is 0 Å². The van der Waals surface area contributed by atoms with Crippen LogP contribution < -0.4 is 4.90 Å². The molecule has 1 aliphatic rings. The van der Waals surface area contributed by atoms with Crippen molar-refractivity contribution >= 4 is 23.1 Å². The Morgan fingerprint density at radius 1 is 1.04 bits per heavy atom. The number of hydrogen-bond donors (Lipinski definition) is 0. The van der Waals surface area contributed by atoms with Crippen LogP contribution in [0.4, 0.5) is 5.69 Å². The largest absolute Gasteiger partial charge is 0.369 e. The van der Waals surface area contributed by atoms with E-state index in [1.807, 2.05) is 18.2 Å². The van der Waals surface area contributed by atoms with E-state index in [-0.39, 0.29) is 5.78 Å². The molecule has 4 heteroatoms. The summed E-state index contributed by atoms with van der Waals surface area (Å²) in [7, 11) is 0. The van der Waals surface area contributed by atoms with E-state index in [1.165, 1.54) is 5.56 Å². The van der Waals surface area contributed by atoms with Crippen LogP contribution in [0.25, 0.3) is 0 Å². The number of hydrogen-bond acceptors (Lipinski definition) is 3. The SMILES string of the molecule is CC(=O)c1cc(Cl)cc(N2CCN(Cc3ccccc3)CC2)c1. The summed E-state index contributed by atoms with van der Waals surface area (Å²) in [5.41, 5.74) is 3.07. The summed E-state index contributed by atoms with van der Waals surface area (Å²) in [5, 5.41) is 0.624. The Hall–Kier alpha value is -1.84. The molecular weight excluding hydrogens is 308 g/mol. The van der Waals surface area contributed by atoms with Crippen molar-refractivity contribution in [2.75, 3.05) is 31.1 Å². The average Bonchev–Trinajstić information content (AvgIpc) is 2.56. The van der Waals surface area contributed by atoms with Crippen LogP contribution in [-0.4, -0.2) is 36.9 Å². The van der Waals surface area contributed by atoms with Crippen LogP contribution in [0.15, 0.2) is 48.5 Å². The molecule has 3 rings (SSSR count). The summed E-state index contributed by atoms with van der Waals surface area (Å²) >= 11 is 6.16. The summed E-state index contributed by atoms with van der Waals surface area (Å²) in [5.74, 6) is 0.0523. The van der Waals surface area contributed by atoms with Gasteiger partial charge in [0.2, 0.25) is 0 Å². The Morgan fingerprint density at radius 2 is 1.74 bits per heavy atom. The van der Waals surface area contributed by atoms with Gasteiger partial charge in [-0.3, -0.25) is 9.69 Å². The summed E-state index contributed by atoms with van der Waals surface area (Å²) in [6, 6.07) is 16.2. The van der Waals surface area contributed by atoms with E-state index in [1.54, 1.807) is 13.0 Å². The Bertz CT molecular complexity index is 679. The highest BCUT2D eigenvalue weighted by Crippen LogP contribution is 2.24. The van der Waals surface area contributed by atoms with Gasteiger partial charge < -0.3 is 4.90 Å². The van der Waals surface area contributed by atoms with E-state index in [0.29, 0.717) is 10.6 Å². The van der Waals surface area contributed by atoms with Crippen molar-refractivity contribution < 1.29 is 4.79 Å². The zero-order chi connectivity index (χ0) is 16.2. The fourth-order valence-corrected chi connectivity index (χ4v) is 3.20. The highest BCUT2D eigenvalue weighted by atomic mass is 35.5. The highest BCUT2D eigenvalue weighted by Gasteiger charge is 2.18. The van der Waals surface area contributed by atoms with Crippen LogP contribution in [0.2, 0.25) is 5.02 Å². The molecule has 0 atom stereocenters. The third kappa shape index (κ3) is 4.12. The number of ketones is 1. The molecule has 0 unspecified atom stereocenters. The first-order valence-corrected chi connectivity index (χ1v) is 8.32. The van der Waals surface area contributed by atoms with Crippen LogP contribution in [0.3, 0.4) is 0 Å². The maximum atomic E-state index is 11.6. The molecule has 1 saturated heterocycles. The Morgan fingerprint density at radius 3 is 2.39 bits per heavy atom. The quantitative estimate of drug-likeness (QED) is 0.796. The zero-order valence-electron chi connectivity index (χ0n) is 13.3. The number of anilines is 1. The average molecular weight is 329 g/mol. The van der Waals surface area contributed by atoms with Gasteiger partial charge in [-0.1, -0.05) is 41.9 Å². The second kappa shape index (κ2) is 7.16. The minimum atomic E-state index is 0.0523. The van der Waals surface area contributed by atoms with Gasteiger partial charge in [0.05, 0.1) is 0 Å². The molecule has 0 saturated carbocycles. The second-order valence-corrected chi connectivity index (χ2v) is 6.44. The molecule has 0 N–H and O–H groups in total. The molecule has 1 heterocycles. The number of benzene rings is 2. The predicted octanol–water partition coefficient (Wildman–Crippen LogP) is 3.86. The van der Waals surface area contributed by atoms with Crippen molar-refractivity contribution in [2.45, 2.75) is 13.5 Å². The third-order valence-electron chi connectivity index (χ3n) is 4.28. The summed E-state index contributed by atoms with van der Waals surface area (Å²) < 4.78 is 0. The highest BCUT2D eigenvalue weighted by molar-refractivity contribution is 6.31. The first-order valence-electron chi connectivity index (χ1n) is 7.94. The maximum Gasteiger partial charge on any atom is 0.159 e. The molecule has 0 aromatic heterocycles. The normalized spacial score (nSPS) is 15.7. The van der Waals surface area contributed by atoms with Gasteiger partial charge in [0.1, 0.15) is 0 Å². The van der Waals surface area contributed by atoms with E-state index >= 15 is 0 Å².